The number of carboxylic acids is 1. The second kappa shape index (κ2) is 3.48. The van der Waals surface area contributed by atoms with Gasteiger partial charge in [0.25, 0.3) is 0 Å². The van der Waals surface area contributed by atoms with E-state index in [1.807, 2.05) is 0 Å². The number of amides is 1. The van der Waals surface area contributed by atoms with Gasteiger partial charge in [0, 0.05) is 6.54 Å². The van der Waals surface area contributed by atoms with Crippen LogP contribution in [0.5, 0.6) is 0 Å². The van der Waals surface area contributed by atoms with Crippen LogP contribution in [0.3, 0.4) is 0 Å². The third-order valence-electron chi connectivity index (χ3n) is 3.00. The first-order valence-corrected chi connectivity index (χ1v) is 5.31. The fourth-order valence-corrected chi connectivity index (χ4v) is 1.66. The zero-order valence-corrected chi connectivity index (χ0v) is 8.61. The molecule has 0 aliphatic heterocycles. The van der Waals surface area contributed by atoms with Gasteiger partial charge in [0.15, 0.2) is 0 Å². The molecule has 1 amide bonds. The Labute approximate surface area is 88.2 Å². The number of aliphatic carboxylic acids is 1. The topological polar surface area (TPSA) is 83.6 Å². The Morgan fingerprint density at radius 1 is 1.40 bits per heavy atom. The van der Waals surface area contributed by atoms with Crippen molar-refractivity contribution < 1.29 is 14.7 Å². The zero-order chi connectivity index (χ0) is 11.1. The SMILES string of the molecule is NC1(C(=O)N(CC(=O)O)CC2CC2)CC1. The van der Waals surface area contributed by atoms with Gasteiger partial charge in [-0.1, -0.05) is 0 Å². The predicted molar refractivity (Wildman–Crippen MR) is 53.1 cm³/mol. The van der Waals surface area contributed by atoms with Gasteiger partial charge in [-0.3, -0.25) is 9.59 Å². The molecule has 0 bridgehead atoms. The largest absolute Gasteiger partial charge is 0.480 e. The lowest BCUT2D eigenvalue weighted by Crippen LogP contribution is -2.48. The summed E-state index contributed by atoms with van der Waals surface area (Å²) in [6.07, 6.45) is 3.57. The number of nitrogens with two attached hydrogens (primary N) is 1. The molecule has 3 N–H and O–H groups in total. The highest BCUT2D eigenvalue weighted by atomic mass is 16.4. The first kappa shape index (κ1) is 10.4. The molecule has 2 aliphatic carbocycles. The van der Waals surface area contributed by atoms with Crippen LogP contribution in [0.1, 0.15) is 25.7 Å². The minimum absolute atomic E-state index is 0.184. The number of nitrogens with zero attached hydrogens (tertiary/aromatic N) is 1. The van der Waals surface area contributed by atoms with Crippen LogP contribution >= 0.6 is 0 Å². The van der Waals surface area contributed by atoms with Gasteiger partial charge >= 0.3 is 5.97 Å². The van der Waals surface area contributed by atoms with Crippen molar-refractivity contribution >= 4 is 11.9 Å². The summed E-state index contributed by atoms with van der Waals surface area (Å²) in [4.78, 5) is 23.9. The maximum atomic E-state index is 11.9. The van der Waals surface area contributed by atoms with Crippen molar-refractivity contribution in [3.63, 3.8) is 0 Å². The smallest absolute Gasteiger partial charge is 0.323 e. The predicted octanol–water partition coefficient (Wildman–Crippen LogP) is -0.199. The Balaban J connectivity index is 1.96. The summed E-state index contributed by atoms with van der Waals surface area (Å²) < 4.78 is 0. The van der Waals surface area contributed by atoms with E-state index in [-0.39, 0.29) is 12.5 Å². The van der Waals surface area contributed by atoms with Crippen molar-refractivity contribution in [1.82, 2.24) is 4.90 Å². The van der Waals surface area contributed by atoms with Crippen LogP contribution in [-0.4, -0.2) is 40.5 Å². The van der Waals surface area contributed by atoms with Gasteiger partial charge in [-0.25, -0.2) is 0 Å². The summed E-state index contributed by atoms with van der Waals surface area (Å²) in [5, 5.41) is 8.72. The van der Waals surface area contributed by atoms with Crippen molar-refractivity contribution in [2.75, 3.05) is 13.1 Å². The number of hydrogen-bond acceptors (Lipinski definition) is 3. The van der Waals surface area contributed by atoms with Gasteiger partial charge in [-0.2, -0.15) is 0 Å². The molecule has 0 aromatic carbocycles. The van der Waals surface area contributed by atoms with Crippen LogP contribution in [0.2, 0.25) is 0 Å². The first-order chi connectivity index (χ1) is 7.01. The highest BCUT2D eigenvalue weighted by Crippen LogP contribution is 2.36. The summed E-state index contributed by atoms with van der Waals surface area (Å²) in [5.41, 5.74) is 5.03. The third-order valence-corrected chi connectivity index (χ3v) is 3.00. The maximum Gasteiger partial charge on any atom is 0.323 e. The summed E-state index contributed by atoms with van der Waals surface area (Å²) in [6.45, 7) is 0.346. The molecule has 2 rings (SSSR count). The molecule has 0 aromatic rings. The minimum atomic E-state index is -0.965. The van der Waals surface area contributed by atoms with Gasteiger partial charge in [0.1, 0.15) is 6.54 Å². The number of carboxylic acid groups (broad SMARTS) is 1. The fourth-order valence-electron chi connectivity index (χ4n) is 1.66. The van der Waals surface area contributed by atoms with Gasteiger partial charge in [0.2, 0.25) is 5.91 Å². The lowest BCUT2D eigenvalue weighted by atomic mass is 10.2. The van der Waals surface area contributed by atoms with E-state index < -0.39 is 11.5 Å². The molecule has 2 fully saturated rings. The van der Waals surface area contributed by atoms with Crippen LogP contribution in [-0.2, 0) is 9.59 Å². The van der Waals surface area contributed by atoms with Gasteiger partial charge in [-0.15, -0.1) is 0 Å². The Morgan fingerprint density at radius 3 is 2.40 bits per heavy atom. The molecule has 5 nitrogen and oxygen atoms in total. The highest BCUT2D eigenvalue weighted by Gasteiger charge is 2.49. The molecule has 2 saturated carbocycles. The molecule has 0 spiro atoms. The molecule has 5 heteroatoms. The van der Waals surface area contributed by atoms with E-state index in [0.29, 0.717) is 25.3 Å². The van der Waals surface area contributed by atoms with Crippen molar-refractivity contribution in [3.8, 4) is 0 Å². The summed E-state index contributed by atoms with van der Waals surface area (Å²) in [6, 6.07) is 0. The average molecular weight is 212 g/mol. The third kappa shape index (κ3) is 2.47. The lowest BCUT2D eigenvalue weighted by molar-refractivity contribution is -0.145. The lowest BCUT2D eigenvalue weighted by Gasteiger charge is -2.23. The monoisotopic (exact) mass is 212 g/mol. The highest BCUT2D eigenvalue weighted by molar-refractivity contribution is 5.91. The molecule has 2 aliphatic rings. The molecule has 15 heavy (non-hydrogen) atoms. The van der Waals surface area contributed by atoms with Crippen molar-refractivity contribution in [2.24, 2.45) is 11.7 Å². The minimum Gasteiger partial charge on any atom is -0.480 e. The molecule has 0 radical (unpaired) electrons. The quantitative estimate of drug-likeness (QED) is 0.661. The molecular formula is C10H16N2O3. The van der Waals surface area contributed by atoms with E-state index in [1.165, 1.54) is 4.90 Å². The number of carbonyl (C=O) groups excluding carboxylic acids is 1. The normalized spacial score (nSPS) is 22.2. The van der Waals surface area contributed by atoms with E-state index in [1.54, 1.807) is 0 Å². The van der Waals surface area contributed by atoms with Crippen molar-refractivity contribution in [2.45, 2.75) is 31.2 Å². The standard InChI is InChI=1S/C10H16N2O3/c11-10(3-4-10)9(15)12(6-8(13)14)5-7-1-2-7/h7H,1-6,11H2,(H,13,14). The Kier molecular flexibility index (Phi) is 2.42. The van der Waals surface area contributed by atoms with Crippen LogP contribution in [0, 0.1) is 5.92 Å². The second-order valence-electron chi connectivity index (χ2n) is 4.68. The van der Waals surface area contributed by atoms with E-state index in [0.717, 1.165) is 12.8 Å². The van der Waals surface area contributed by atoms with E-state index in [2.05, 4.69) is 0 Å². The van der Waals surface area contributed by atoms with Crippen molar-refractivity contribution in [3.05, 3.63) is 0 Å². The second-order valence-corrected chi connectivity index (χ2v) is 4.68. The van der Waals surface area contributed by atoms with Crippen LogP contribution < -0.4 is 5.73 Å². The summed E-state index contributed by atoms with van der Waals surface area (Å²) >= 11 is 0. The van der Waals surface area contributed by atoms with Gasteiger partial charge in [-0.05, 0) is 31.6 Å². The Bertz CT molecular complexity index is 295. The fraction of sp³-hybridized carbons (Fsp3) is 0.800. The molecule has 0 atom stereocenters. The molecule has 0 aromatic heterocycles. The van der Waals surface area contributed by atoms with E-state index in [4.69, 9.17) is 10.8 Å². The molecule has 84 valence electrons. The van der Waals surface area contributed by atoms with Crippen LogP contribution in [0.4, 0.5) is 0 Å². The Hall–Kier alpha value is -1.10. The van der Waals surface area contributed by atoms with E-state index in [9.17, 15) is 9.59 Å². The summed E-state index contributed by atoms with van der Waals surface area (Å²) in [7, 11) is 0. The van der Waals surface area contributed by atoms with Gasteiger partial charge in [0.05, 0.1) is 5.54 Å². The molecule has 0 unspecified atom stereocenters. The van der Waals surface area contributed by atoms with Gasteiger partial charge < -0.3 is 15.7 Å². The van der Waals surface area contributed by atoms with Crippen LogP contribution in [0.15, 0.2) is 0 Å². The first-order valence-electron chi connectivity index (χ1n) is 5.31. The van der Waals surface area contributed by atoms with Crippen molar-refractivity contribution in [1.29, 1.82) is 0 Å². The summed E-state index contributed by atoms with van der Waals surface area (Å²) in [5.74, 6) is -0.652. The number of hydrogen-bond donors (Lipinski definition) is 2. The molecular weight excluding hydrogens is 196 g/mol. The number of carbonyl (C=O) groups is 2. The van der Waals surface area contributed by atoms with Crippen LogP contribution in [0.25, 0.3) is 0 Å². The van der Waals surface area contributed by atoms with E-state index >= 15 is 0 Å². The Morgan fingerprint density at radius 2 is 2.00 bits per heavy atom. The average Bonchev–Trinajstić information content (AvgIpc) is 3.01. The maximum absolute atomic E-state index is 11.9. The zero-order valence-electron chi connectivity index (χ0n) is 8.61. The molecule has 0 saturated heterocycles. The molecule has 0 heterocycles. The number of rotatable bonds is 5.